The normalized spacial score (nSPS) is 12.4. The highest BCUT2D eigenvalue weighted by Crippen LogP contribution is 2.25. The fourth-order valence-electron chi connectivity index (χ4n) is 3.05. The van der Waals surface area contributed by atoms with Gasteiger partial charge in [-0.05, 0) is 31.2 Å². The quantitative estimate of drug-likeness (QED) is 0.550. The smallest absolute Gasteiger partial charge is 0.246 e. The molecule has 0 spiro atoms. The summed E-state index contributed by atoms with van der Waals surface area (Å²) in [6.07, 6.45) is 1.07. The van der Waals surface area contributed by atoms with Gasteiger partial charge in [0, 0.05) is 12.6 Å². The zero-order chi connectivity index (χ0) is 21.9. The summed E-state index contributed by atoms with van der Waals surface area (Å²) in [7, 11) is -2.14. The van der Waals surface area contributed by atoms with Crippen LogP contribution in [0.1, 0.15) is 12.8 Å². The van der Waals surface area contributed by atoms with Gasteiger partial charge in [-0.15, -0.1) is 0 Å². The van der Waals surface area contributed by atoms with Gasteiger partial charge in [0.2, 0.25) is 27.6 Å². The second kappa shape index (κ2) is 8.85. The molecule has 1 amide bonds. The Bertz CT molecular complexity index is 1130. The number of para-hydroxylation sites is 1. The van der Waals surface area contributed by atoms with Crippen LogP contribution in [0.5, 0.6) is 0 Å². The van der Waals surface area contributed by atoms with Crippen molar-refractivity contribution in [2.45, 2.75) is 19.5 Å². The van der Waals surface area contributed by atoms with Gasteiger partial charge in [-0.3, -0.25) is 9.10 Å². The molecule has 0 unspecified atom stereocenters. The first-order valence-corrected chi connectivity index (χ1v) is 11.3. The zero-order valence-corrected chi connectivity index (χ0v) is 18.3. The van der Waals surface area contributed by atoms with Crippen molar-refractivity contribution in [2.75, 3.05) is 17.6 Å². The summed E-state index contributed by atoms with van der Waals surface area (Å²) in [5.41, 5.74) is 1.02. The van der Waals surface area contributed by atoms with Gasteiger partial charge >= 0.3 is 0 Å². The largest absolute Gasteiger partial charge is 0.337 e. The lowest BCUT2D eigenvalue weighted by atomic mass is 10.2. The molecule has 0 radical (unpaired) electrons. The zero-order valence-electron chi connectivity index (χ0n) is 16.7. The van der Waals surface area contributed by atoms with Crippen LogP contribution in [0, 0.1) is 0 Å². The lowest BCUT2D eigenvalue weighted by Gasteiger charge is -2.30. The third kappa shape index (κ3) is 4.80. The summed E-state index contributed by atoms with van der Waals surface area (Å²) in [5, 5.41) is 4.39. The van der Waals surface area contributed by atoms with Gasteiger partial charge in [-0.2, -0.15) is 4.98 Å². The lowest BCUT2D eigenvalue weighted by Crippen LogP contribution is -2.48. The molecule has 1 aromatic heterocycles. The molecule has 1 heterocycles. The van der Waals surface area contributed by atoms with E-state index in [2.05, 4.69) is 10.1 Å². The van der Waals surface area contributed by atoms with Crippen LogP contribution in [0.25, 0.3) is 11.4 Å². The summed E-state index contributed by atoms with van der Waals surface area (Å²) in [4.78, 5) is 18.6. The average molecular weight is 449 g/mol. The highest BCUT2D eigenvalue weighted by Gasteiger charge is 2.31. The molecule has 0 N–H and O–H groups in total. The standard InChI is InChI=1S/C20H21ClN4O4S/c1-14(25(30(3,27)28)15-9-5-4-6-10-15)20(26)24(2)13-18-22-19(23-29-18)16-11-7-8-12-17(16)21/h4-12,14H,13H2,1-3H3/t14-/m1/s1. The number of likely N-dealkylation sites (N-methyl/N-ethyl adjacent to an activating group) is 1. The van der Waals surface area contributed by atoms with Crippen molar-refractivity contribution in [3.8, 4) is 11.4 Å². The summed E-state index contributed by atoms with van der Waals surface area (Å²) in [6, 6.07) is 14.6. The minimum Gasteiger partial charge on any atom is -0.337 e. The lowest BCUT2D eigenvalue weighted by molar-refractivity contribution is -0.131. The minimum atomic E-state index is -3.69. The monoisotopic (exact) mass is 448 g/mol. The molecule has 1 atom stereocenters. The van der Waals surface area contributed by atoms with E-state index in [1.807, 2.05) is 0 Å². The van der Waals surface area contributed by atoms with E-state index in [0.717, 1.165) is 10.6 Å². The van der Waals surface area contributed by atoms with Crippen molar-refractivity contribution in [3.63, 3.8) is 0 Å². The van der Waals surface area contributed by atoms with Gasteiger partial charge in [0.05, 0.1) is 23.5 Å². The number of nitrogens with zero attached hydrogens (tertiary/aromatic N) is 4. The molecule has 30 heavy (non-hydrogen) atoms. The number of rotatable bonds is 7. The molecule has 2 aromatic carbocycles. The average Bonchev–Trinajstić information content (AvgIpc) is 3.15. The molecule has 0 aliphatic rings. The van der Waals surface area contributed by atoms with E-state index < -0.39 is 22.0 Å². The third-order valence-electron chi connectivity index (χ3n) is 4.41. The van der Waals surface area contributed by atoms with Crippen molar-refractivity contribution in [1.29, 1.82) is 0 Å². The Morgan fingerprint density at radius 3 is 2.40 bits per heavy atom. The van der Waals surface area contributed by atoms with Gasteiger partial charge < -0.3 is 9.42 Å². The summed E-state index contributed by atoms with van der Waals surface area (Å²) >= 11 is 6.15. The van der Waals surface area contributed by atoms with Crippen LogP contribution >= 0.6 is 11.6 Å². The van der Waals surface area contributed by atoms with Gasteiger partial charge in [0.1, 0.15) is 6.04 Å². The first kappa shape index (κ1) is 21.8. The number of sulfonamides is 1. The number of hydrogen-bond acceptors (Lipinski definition) is 6. The molecule has 0 bridgehead atoms. The van der Waals surface area contributed by atoms with E-state index in [1.165, 1.54) is 11.8 Å². The van der Waals surface area contributed by atoms with E-state index >= 15 is 0 Å². The van der Waals surface area contributed by atoms with Crippen LogP contribution in [0.3, 0.4) is 0 Å². The maximum Gasteiger partial charge on any atom is 0.246 e. The Morgan fingerprint density at radius 2 is 1.77 bits per heavy atom. The molecule has 0 fully saturated rings. The molecule has 0 saturated carbocycles. The predicted octanol–water partition coefficient (Wildman–Crippen LogP) is 3.20. The van der Waals surface area contributed by atoms with Gasteiger partial charge in [0.25, 0.3) is 0 Å². The highest BCUT2D eigenvalue weighted by atomic mass is 35.5. The van der Waals surface area contributed by atoms with Crippen LogP contribution in [-0.4, -0.2) is 48.7 Å². The molecule has 3 aromatic rings. The predicted molar refractivity (Wildman–Crippen MR) is 114 cm³/mol. The van der Waals surface area contributed by atoms with Crippen molar-refractivity contribution in [3.05, 3.63) is 65.5 Å². The molecule has 158 valence electrons. The first-order valence-electron chi connectivity index (χ1n) is 9.05. The van der Waals surface area contributed by atoms with Crippen LogP contribution in [0.15, 0.2) is 59.1 Å². The van der Waals surface area contributed by atoms with Crippen molar-refractivity contribution in [1.82, 2.24) is 15.0 Å². The summed E-state index contributed by atoms with van der Waals surface area (Å²) in [6.45, 7) is 1.56. The van der Waals surface area contributed by atoms with Crippen molar-refractivity contribution < 1.29 is 17.7 Å². The molecular weight excluding hydrogens is 428 g/mol. The van der Waals surface area contributed by atoms with Gasteiger partial charge in [-0.25, -0.2) is 8.42 Å². The topological polar surface area (TPSA) is 96.6 Å². The number of aromatic nitrogens is 2. The number of anilines is 1. The second-order valence-corrected chi connectivity index (χ2v) is 9.02. The molecule has 10 heteroatoms. The maximum atomic E-state index is 12.9. The van der Waals surface area contributed by atoms with Crippen LogP contribution < -0.4 is 4.31 Å². The Labute approximate surface area is 180 Å². The van der Waals surface area contributed by atoms with Gasteiger partial charge in [-0.1, -0.05) is 47.1 Å². The maximum absolute atomic E-state index is 12.9. The fourth-order valence-corrected chi connectivity index (χ4v) is 4.44. The molecule has 0 aliphatic heterocycles. The number of carbonyl (C=O) groups excluding carboxylic acids is 1. The number of amides is 1. The second-order valence-electron chi connectivity index (χ2n) is 6.76. The first-order chi connectivity index (χ1) is 14.2. The van der Waals surface area contributed by atoms with E-state index in [4.69, 9.17) is 16.1 Å². The SMILES string of the molecule is C[C@H](C(=O)N(C)Cc1nc(-c2ccccc2Cl)no1)N(c1ccccc1)S(C)(=O)=O. The summed E-state index contributed by atoms with van der Waals surface area (Å²) in [5.74, 6) is 0.104. The molecule has 3 rings (SSSR count). The highest BCUT2D eigenvalue weighted by molar-refractivity contribution is 7.92. The minimum absolute atomic E-state index is 0.0209. The number of benzene rings is 2. The number of carbonyl (C=O) groups is 1. The van der Waals surface area contributed by atoms with Crippen LogP contribution in [-0.2, 0) is 21.4 Å². The van der Waals surface area contributed by atoms with E-state index in [1.54, 1.807) is 61.6 Å². The molecule has 8 nitrogen and oxygen atoms in total. The van der Waals surface area contributed by atoms with Crippen LogP contribution in [0.4, 0.5) is 5.69 Å². The molecular formula is C20H21ClN4O4S. The van der Waals surface area contributed by atoms with E-state index in [9.17, 15) is 13.2 Å². The Hall–Kier alpha value is -2.91. The van der Waals surface area contributed by atoms with Crippen LogP contribution in [0.2, 0.25) is 5.02 Å². The molecule has 0 aliphatic carbocycles. The third-order valence-corrected chi connectivity index (χ3v) is 5.98. The molecule has 0 saturated heterocycles. The van der Waals surface area contributed by atoms with Crippen molar-refractivity contribution >= 4 is 33.2 Å². The number of hydrogen-bond donors (Lipinski definition) is 0. The fraction of sp³-hybridized carbons (Fsp3) is 0.250. The van der Waals surface area contributed by atoms with Gasteiger partial charge in [0.15, 0.2) is 0 Å². The Kier molecular flexibility index (Phi) is 6.42. The summed E-state index contributed by atoms with van der Waals surface area (Å²) < 4.78 is 31.0. The van der Waals surface area contributed by atoms with Crippen molar-refractivity contribution in [2.24, 2.45) is 0 Å². The Balaban J connectivity index is 1.77. The van der Waals surface area contributed by atoms with E-state index in [-0.39, 0.29) is 12.4 Å². The number of halogens is 1. The van der Waals surface area contributed by atoms with E-state index in [0.29, 0.717) is 22.1 Å². The Morgan fingerprint density at radius 1 is 1.13 bits per heavy atom.